The Labute approximate surface area is 162 Å². The van der Waals surface area contributed by atoms with E-state index in [1.807, 2.05) is 42.6 Å². The topological polar surface area (TPSA) is 80.9 Å². The highest BCUT2D eigenvalue weighted by Crippen LogP contribution is 2.34. The van der Waals surface area contributed by atoms with Crippen molar-refractivity contribution in [2.45, 2.75) is 6.92 Å². The minimum atomic E-state index is -0.289. The Bertz CT molecular complexity index is 1140. The molecule has 0 radical (unpaired) electrons. The molecular weight excluding hydrogens is 388 g/mol. The molecular formula is C18H13ClN4OS2. The molecule has 3 N–H and O–H groups in total. The van der Waals surface area contributed by atoms with Crippen LogP contribution < -0.4 is 11.1 Å². The van der Waals surface area contributed by atoms with Crippen molar-refractivity contribution in [3.63, 3.8) is 0 Å². The fourth-order valence-electron chi connectivity index (χ4n) is 2.54. The smallest absolute Gasteiger partial charge is 0.269 e. The number of amides is 1. The van der Waals surface area contributed by atoms with Gasteiger partial charge >= 0.3 is 0 Å². The lowest BCUT2D eigenvalue weighted by molar-refractivity contribution is 0.103. The minimum Gasteiger partial charge on any atom is -0.397 e. The van der Waals surface area contributed by atoms with E-state index in [0.717, 1.165) is 27.2 Å². The third-order valence-corrected chi connectivity index (χ3v) is 6.02. The predicted molar refractivity (Wildman–Crippen MR) is 109 cm³/mol. The molecule has 1 amide bonds. The van der Waals surface area contributed by atoms with Crippen molar-refractivity contribution in [1.82, 2.24) is 9.97 Å². The predicted octanol–water partition coefficient (Wildman–Crippen LogP) is 5.22. The number of rotatable bonds is 3. The first-order chi connectivity index (χ1) is 12.5. The highest BCUT2D eigenvalue weighted by molar-refractivity contribution is 7.21. The van der Waals surface area contributed by atoms with Gasteiger partial charge < -0.3 is 5.73 Å². The van der Waals surface area contributed by atoms with Gasteiger partial charge in [0, 0.05) is 27.0 Å². The summed E-state index contributed by atoms with van der Waals surface area (Å²) >= 11 is 8.82. The summed E-state index contributed by atoms with van der Waals surface area (Å²) in [5.41, 5.74) is 9.01. The molecule has 4 rings (SSSR count). The van der Waals surface area contributed by atoms with Crippen LogP contribution in [0, 0.1) is 6.92 Å². The molecule has 0 fully saturated rings. The number of nitrogens with zero attached hydrogens (tertiary/aromatic N) is 2. The maximum atomic E-state index is 12.6. The zero-order valence-corrected chi connectivity index (χ0v) is 16.0. The maximum absolute atomic E-state index is 12.6. The molecule has 5 nitrogen and oxygen atoms in total. The SMILES string of the molecule is Cc1ccc2c(N)c(C(=O)Nc3nc(-c4ccccc4Cl)cs3)sc2n1. The second-order valence-electron chi connectivity index (χ2n) is 5.62. The number of anilines is 2. The summed E-state index contributed by atoms with van der Waals surface area (Å²) in [6, 6.07) is 11.2. The average Bonchev–Trinajstić information content (AvgIpc) is 3.20. The molecule has 8 heteroatoms. The van der Waals surface area contributed by atoms with Crippen LogP contribution in [0.2, 0.25) is 5.02 Å². The Hall–Kier alpha value is -2.48. The largest absolute Gasteiger partial charge is 0.397 e. The van der Waals surface area contributed by atoms with E-state index in [1.165, 1.54) is 22.7 Å². The number of nitrogen functional groups attached to an aromatic ring is 1. The van der Waals surface area contributed by atoms with Gasteiger partial charge in [-0.1, -0.05) is 29.8 Å². The van der Waals surface area contributed by atoms with Crippen molar-refractivity contribution >= 4 is 61.2 Å². The number of carbonyl (C=O) groups excluding carboxylic acids is 1. The number of pyridine rings is 1. The molecule has 0 unspecified atom stereocenters. The van der Waals surface area contributed by atoms with Gasteiger partial charge in [0.15, 0.2) is 5.13 Å². The highest BCUT2D eigenvalue weighted by atomic mass is 35.5. The van der Waals surface area contributed by atoms with E-state index in [4.69, 9.17) is 17.3 Å². The Morgan fingerprint density at radius 2 is 2.00 bits per heavy atom. The Kier molecular flexibility index (Phi) is 4.36. The number of halogens is 1. The van der Waals surface area contributed by atoms with Gasteiger partial charge in [-0.3, -0.25) is 10.1 Å². The monoisotopic (exact) mass is 400 g/mol. The van der Waals surface area contributed by atoms with Gasteiger partial charge in [0.25, 0.3) is 5.91 Å². The van der Waals surface area contributed by atoms with Gasteiger partial charge in [-0.05, 0) is 25.1 Å². The summed E-state index contributed by atoms with van der Waals surface area (Å²) < 4.78 is 0. The third-order valence-electron chi connectivity index (χ3n) is 3.81. The number of hydrogen-bond donors (Lipinski definition) is 2. The summed E-state index contributed by atoms with van der Waals surface area (Å²) in [4.78, 5) is 22.7. The van der Waals surface area contributed by atoms with E-state index in [9.17, 15) is 4.79 Å². The van der Waals surface area contributed by atoms with Crippen LogP contribution in [0.15, 0.2) is 41.8 Å². The number of nitrogens with two attached hydrogens (primary N) is 1. The molecule has 0 bridgehead atoms. The zero-order valence-electron chi connectivity index (χ0n) is 13.6. The van der Waals surface area contributed by atoms with Gasteiger partial charge in [0.2, 0.25) is 0 Å². The first kappa shape index (κ1) is 17.0. The van der Waals surface area contributed by atoms with Crippen LogP contribution in [0.1, 0.15) is 15.4 Å². The molecule has 0 aliphatic carbocycles. The number of thiazole rings is 1. The van der Waals surface area contributed by atoms with E-state index in [0.29, 0.717) is 20.7 Å². The first-order valence-electron chi connectivity index (χ1n) is 7.70. The van der Waals surface area contributed by atoms with Gasteiger partial charge in [0.1, 0.15) is 9.71 Å². The second-order valence-corrected chi connectivity index (χ2v) is 7.89. The summed E-state index contributed by atoms with van der Waals surface area (Å²) in [5.74, 6) is -0.289. The van der Waals surface area contributed by atoms with E-state index >= 15 is 0 Å². The fourth-order valence-corrected chi connectivity index (χ4v) is 4.51. The number of hydrogen-bond acceptors (Lipinski definition) is 6. The molecule has 0 aliphatic rings. The normalized spacial score (nSPS) is 11.0. The van der Waals surface area contributed by atoms with E-state index in [-0.39, 0.29) is 5.91 Å². The summed E-state index contributed by atoms with van der Waals surface area (Å²) in [5, 5.41) is 6.57. The van der Waals surface area contributed by atoms with Crippen LogP contribution in [-0.4, -0.2) is 15.9 Å². The van der Waals surface area contributed by atoms with Crippen LogP contribution in [0.3, 0.4) is 0 Å². The molecule has 130 valence electrons. The van der Waals surface area contributed by atoms with Crippen molar-refractivity contribution in [3.05, 3.63) is 57.4 Å². The average molecular weight is 401 g/mol. The Morgan fingerprint density at radius 1 is 1.19 bits per heavy atom. The fraction of sp³-hybridized carbons (Fsp3) is 0.0556. The number of aromatic nitrogens is 2. The van der Waals surface area contributed by atoms with Crippen molar-refractivity contribution in [2.24, 2.45) is 0 Å². The lowest BCUT2D eigenvalue weighted by Crippen LogP contribution is -2.11. The van der Waals surface area contributed by atoms with E-state index in [2.05, 4.69) is 15.3 Å². The molecule has 0 saturated heterocycles. The molecule has 0 aliphatic heterocycles. The quantitative estimate of drug-likeness (QED) is 0.494. The maximum Gasteiger partial charge on any atom is 0.269 e. The van der Waals surface area contributed by atoms with Crippen LogP contribution in [0.25, 0.3) is 21.5 Å². The van der Waals surface area contributed by atoms with Crippen LogP contribution in [-0.2, 0) is 0 Å². The minimum absolute atomic E-state index is 0.289. The Morgan fingerprint density at radius 3 is 2.81 bits per heavy atom. The van der Waals surface area contributed by atoms with Crippen LogP contribution >= 0.6 is 34.3 Å². The standard InChI is InChI=1S/C18H13ClN4OS2/c1-9-6-7-11-14(20)15(26-17(11)21-9)16(24)23-18-22-13(8-25-18)10-4-2-3-5-12(10)19/h2-8H,20H2,1H3,(H,22,23,24). The van der Waals surface area contributed by atoms with Crippen molar-refractivity contribution < 1.29 is 4.79 Å². The van der Waals surface area contributed by atoms with E-state index in [1.54, 1.807) is 6.07 Å². The highest BCUT2D eigenvalue weighted by Gasteiger charge is 2.19. The van der Waals surface area contributed by atoms with Gasteiger partial charge in [-0.2, -0.15) is 0 Å². The van der Waals surface area contributed by atoms with Crippen LogP contribution in [0.5, 0.6) is 0 Å². The van der Waals surface area contributed by atoms with E-state index < -0.39 is 0 Å². The molecule has 0 spiro atoms. The van der Waals surface area contributed by atoms with Crippen molar-refractivity contribution in [3.8, 4) is 11.3 Å². The number of aryl methyl sites for hydroxylation is 1. The second kappa shape index (κ2) is 6.68. The van der Waals surface area contributed by atoms with Gasteiger partial charge in [-0.15, -0.1) is 22.7 Å². The molecule has 3 aromatic heterocycles. The zero-order chi connectivity index (χ0) is 18.3. The van der Waals surface area contributed by atoms with Crippen molar-refractivity contribution in [2.75, 3.05) is 11.1 Å². The van der Waals surface area contributed by atoms with Crippen LogP contribution in [0.4, 0.5) is 10.8 Å². The number of thiophene rings is 1. The molecule has 4 aromatic rings. The molecule has 0 atom stereocenters. The lowest BCUT2D eigenvalue weighted by atomic mass is 10.2. The molecule has 3 heterocycles. The molecule has 26 heavy (non-hydrogen) atoms. The number of benzene rings is 1. The number of fused-ring (bicyclic) bond motifs is 1. The number of nitrogens with one attached hydrogen (secondary N) is 1. The summed E-state index contributed by atoms with van der Waals surface area (Å²) in [6.45, 7) is 1.90. The number of carbonyl (C=O) groups is 1. The van der Waals surface area contributed by atoms with Crippen molar-refractivity contribution in [1.29, 1.82) is 0 Å². The van der Waals surface area contributed by atoms with Gasteiger partial charge in [-0.25, -0.2) is 9.97 Å². The summed E-state index contributed by atoms with van der Waals surface area (Å²) in [6.07, 6.45) is 0. The third kappa shape index (κ3) is 3.05. The first-order valence-corrected chi connectivity index (χ1v) is 9.78. The molecule has 0 saturated carbocycles. The molecule has 1 aromatic carbocycles. The Balaban J connectivity index is 1.61. The van der Waals surface area contributed by atoms with Gasteiger partial charge in [0.05, 0.1) is 11.4 Å². The lowest BCUT2D eigenvalue weighted by Gasteiger charge is -2.01. The summed E-state index contributed by atoms with van der Waals surface area (Å²) in [7, 11) is 0.